The van der Waals surface area contributed by atoms with Crippen LogP contribution in [-0.2, 0) is 15.8 Å². The zero-order valence-corrected chi connectivity index (χ0v) is 18.7. The van der Waals surface area contributed by atoms with Crippen molar-refractivity contribution >= 4 is 21.8 Å². The fraction of sp³-hybridized carbons (Fsp3) is 0.333. The predicted molar refractivity (Wildman–Crippen MR) is 115 cm³/mol. The van der Waals surface area contributed by atoms with E-state index in [0.29, 0.717) is 29.8 Å². The predicted octanol–water partition coefficient (Wildman–Crippen LogP) is 4.68. The lowest BCUT2D eigenvalue weighted by Gasteiger charge is -2.18. The smallest absolute Gasteiger partial charge is 0.277 e. The van der Waals surface area contributed by atoms with E-state index in [1.54, 1.807) is 24.3 Å². The molecule has 0 saturated heterocycles. The van der Waals surface area contributed by atoms with Crippen molar-refractivity contribution in [2.45, 2.75) is 43.6 Å². The lowest BCUT2D eigenvalue weighted by Crippen LogP contribution is -2.30. The molecule has 0 fully saturated rings. The van der Waals surface area contributed by atoms with E-state index in [0.717, 1.165) is 5.75 Å². The third-order valence-corrected chi connectivity index (χ3v) is 7.60. The third-order valence-electron chi connectivity index (χ3n) is 4.69. The van der Waals surface area contributed by atoms with Gasteiger partial charge in [-0.1, -0.05) is 55.4 Å². The molecule has 6 nitrogen and oxygen atoms in total. The Morgan fingerprint density at radius 3 is 2.52 bits per heavy atom. The summed E-state index contributed by atoms with van der Waals surface area (Å²) < 4.78 is 32.7. The minimum absolute atomic E-state index is 0.224. The SMILES string of the molecule is CCN(CC)S(=O)(=O)c1cccc(-c2nnc(SCc3cc(C)ccc3C)o2)c1. The van der Waals surface area contributed by atoms with Gasteiger partial charge in [-0.2, -0.15) is 4.31 Å². The Labute approximate surface area is 176 Å². The van der Waals surface area contributed by atoms with Crippen molar-refractivity contribution in [3.63, 3.8) is 0 Å². The van der Waals surface area contributed by atoms with Gasteiger partial charge in [0.15, 0.2) is 0 Å². The highest BCUT2D eigenvalue weighted by molar-refractivity contribution is 7.98. The van der Waals surface area contributed by atoms with Crippen LogP contribution in [0.4, 0.5) is 0 Å². The summed E-state index contributed by atoms with van der Waals surface area (Å²) in [6.07, 6.45) is 0. The fourth-order valence-corrected chi connectivity index (χ4v) is 5.31. The molecule has 0 saturated carbocycles. The summed E-state index contributed by atoms with van der Waals surface area (Å²) in [6.45, 7) is 8.63. The van der Waals surface area contributed by atoms with Gasteiger partial charge >= 0.3 is 0 Å². The molecule has 3 aromatic rings. The van der Waals surface area contributed by atoms with Crippen LogP contribution in [0.5, 0.6) is 0 Å². The second-order valence-electron chi connectivity index (χ2n) is 6.71. The van der Waals surface area contributed by atoms with E-state index in [-0.39, 0.29) is 4.90 Å². The van der Waals surface area contributed by atoms with Gasteiger partial charge in [0.25, 0.3) is 5.22 Å². The summed E-state index contributed by atoms with van der Waals surface area (Å²) in [5.74, 6) is 1.04. The van der Waals surface area contributed by atoms with Crippen LogP contribution in [0.1, 0.15) is 30.5 Å². The van der Waals surface area contributed by atoms with E-state index in [2.05, 4.69) is 42.2 Å². The van der Waals surface area contributed by atoms with Crippen molar-refractivity contribution in [3.8, 4) is 11.5 Å². The minimum atomic E-state index is -3.54. The summed E-state index contributed by atoms with van der Waals surface area (Å²) in [5, 5.41) is 8.66. The van der Waals surface area contributed by atoms with E-state index in [1.807, 2.05) is 13.8 Å². The highest BCUT2D eigenvalue weighted by Gasteiger charge is 2.22. The number of thioether (sulfide) groups is 1. The van der Waals surface area contributed by atoms with Gasteiger partial charge < -0.3 is 4.42 Å². The molecule has 1 aromatic heterocycles. The minimum Gasteiger partial charge on any atom is -0.411 e. The zero-order chi connectivity index (χ0) is 21.0. The highest BCUT2D eigenvalue weighted by Crippen LogP contribution is 2.28. The lowest BCUT2D eigenvalue weighted by molar-refractivity contribution is 0.445. The van der Waals surface area contributed by atoms with Crippen molar-refractivity contribution in [1.29, 1.82) is 0 Å². The van der Waals surface area contributed by atoms with Gasteiger partial charge in [0.05, 0.1) is 4.90 Å². The number of hydrogen-bond donors (Lipinski definition) is 0. The van der Waals surface area contributed by atoms with Gasteiger partial charge in [-0.15, -0.1) is 10.2 Å². The number of hydrogen-bond acceptors (Lipinski definition) is 6. The zero-order valence-electron chi connectivity index (χ0n) is 17.0. The summed E-state index contributed by atoms with van der Waals surface area (Å²) in [4.78, 5) is 0.224. The largest absolute Gasteiger partial charge is 0.411 e. The standard InChI is InChI=1S/C21H25N3O3S2/c1-5-24(6-2)29(25,26)19-9-7-8-17(13-19)20-22-23-21(27-20)28-14-18-12-15(3)10-11-16(18)4/h7-13H,5-6,14H2,1-4H3. The maximum absolute atomic E-state index is 12.8. The number of nitrogens with zero attached hydrogens (tertiary/aromatic N) is 3. The molecule has 1 heterocycles. The van der Waals surface area contributed by atoms with Crippen LogP contribution < -0.4 is 0 Å². The van der Waals surface area contributed by atoms with Gasteiger partial charge in [-0.3, -0.25) is 0 Å². The second-order valence-corrected chi connectivity index (χ2v) is 9.57. The summed E-state index contributed by atoms with van der Waals surface area (Å²) in [6, 6.07) is 13.0. The van der Waals surface area contributed by atoms with Crippen molar-refractivity contribution in [2.75, 3.05) is 13.1 Å². The molecule has 0 aliphatic carbocycles. The molecule has 0 amide bonds. The van der Waals surface area contributed by atoms with Crippen molar-refractivity contribution in [3.05, 3.63) is 59.2 Å². The molecule has 0 N–H and O–H groups in total. The molecular weight excluding hydrogens is 406 g/mol. The van der Waals surface area contributed by atoms with E-state index < -0.39 is 10.0 Å². The van der Waals surface area contributed by atoms with E-state index in [4.69, 9.17) is 4.42 Å². The average molecular weight is 432 g/mol. The Hall–Kier alpha value is -2.16. The number of sulfonamides is 1. The van der Waals surface area contributed by atoms with Gasteiger partial charge in [-0.25, -0.2) is 8.42 Å². The van der Waals surface area contributed by atoms with Gasteiger partial charge in [-0.05, 0) is 43.2 Å². The lowest BCUT2D eigenvalue weighted by atomic mass is 10.1. The molecule has 29 heavy (non-hydrogen) atoms. The first-order valence-electron chi connectivity index (χ1n) is 9.48. The Morgan fingerprint density at radius 2 is 1.79 bits per heavy atom. The summed E-state index contributed by atoms with van der Waals surface area (Å²) in [5.41, 5.74) is 4.24. The number of benzene rings is 2. The van der Waals surface area contributed by atoms with E-state index in [1.165, 1.54) is 32.8 Å². The Bertz CT molecular complexity index is 1090. The second kappa shape index (κ2) is 9.11. The van der Waals surface area contributed by atoms with E-state index in [9.17, 15) is 8.42 Å². The van der Waals surface area contributed by atoms with Gasteiger partial charge in [0.2, 0.25) is 15.9 Å². The van der Waals surface area contributed by atoms with Crippen molar-refractivity contribution in [1.82, 2.24) is 14.5 Å². The van der Waals surface area contributed by atoms with Crippen LogP contribution in [-0.4, -0.2) is 36.0 Å². The molecule has 0 atom stereocenters. The molecule has 8 heteroatoms. The van der Waals surface area contributed by atoms with Crippen molar-refractivity contribution < 1.29 is 12.8 Å². The molecular formula is C21H25N3O3S2. The average Bonchev–Trinajstić information content (AvgIpc) is 3.18. The molecule has 0 radical (unpaired) electrons. The normalized spacial score (nSPS) is 11.9. The Kier molecular flexibility index (Phi) is 6.77. The molecule has 0 aliphatic heterocycles. The Morgan fingerprint density at radius 1 is 1.03 bits per heavy atom. The summed E-state index contributed by atoms with van der Waals surface area (Å²) in [7, 11) is -3.54. The molecule has 0 spiro atoms. The summed E-state index contributed by atoms with van der Waals surface area (Å²) >= 11 is 1.47. The van der Waals surface area contributed by atoms with E-state index >= 15 is 0 Å². The fourth-order valence-electron chi connectivity index (χ4n) is 2.98. The van der Waals surface area contributed by atoms with Crippen LogP contribution in [0.15, 0.2) is 57.0 Å². The first-order valence-corrected chi connectivity index (χ1v) is 11.9. The topological polar surface area (TPSA) is 76.3 Å². The first kappa shape index (κ1) is 21.5. The first-order chi connectivity index (χ1) is 13.8. The van der Waals surface area contributed by atoms with Crippen LogP contribution in [0.3, 0.4) is 0 Å². The molecule has 3 rings (SSSR count). The third kappa shape index (κ3) is 4.88. The molecule has 154 valence electrons. The molecule has 0 bridgehead atoms. The quantitative estimate of drug-likeness (QED) is 0.482. The van der Waals surface area contributed by atoms with Crippen LogP contribution in [0, 0.1) is 13.8 Å². The van der Waals surface area contributed by atoms with Crippen molar-refractivity contribution in [2.24, 2.45) is 0 Å². The molecule has 0 aliphatic rings. The number of aryl methyl sites for hydroxylation is 2. The van der Waals surface area contributed by atoms with Crippen LogP contribution in [0.25, 0.3) is 11.5 Å². The van der Waals surface area contributed by atoms with Gasteiger partial charge in [0.1, 0.15) is 0 Å². The molecule has 0 unspecified atom stereocenters. The van der Waals surface area contributed by atoms with Crippen LogP contribution >= 0.6 is 11.8 Å². The maximum Gasteiger partial charge on any atom is 0.277 e. The monoisotopic (exact) mass is 431 g/mol. The Balaban J connectivity index is 1.79. The number of rotatable bonds is 8. The highest BCUT2D eigenvalue weighted by atomic mass is 32.2. The van der Waals surface area contributed by atoms with Gasteiger partial charge in [0, 0.05) is 24.4 Å². The number of aromatic nitrogens is 2. The maximum atomic E-state index is 12.8. The van der Waals surface area contributed by atoms with Crippen LogP contribution in [0.2, 0.25) is 0 Å². The molecule has 2 aromatic carbocycles.